The molecule has 3 unspecified atom stereocenters. The Morgan fingerprint density at radius 1 is 1.16 bits per heavy atom. The molecule has 1 heterocycles. The van der Waals surface area contributed by atoms with Crippen molar-refractivity contribution in [2.75, 3.05) is 6.54 Å². The molecule has 0 radical (unpaired) electrons. The van der Waals surface area contributed by atoms with Crippen molar-refractivity contribution in [3.63, 3.8) is 0 Å². The minimum atomic E-state index is 0.223. The smallest absolute Gasteiger partial charge is 0.220 e. The fraction of sp³-hybridized carbons (Fsp3) is 0.938. The number of hydrogen-bond acceptors (Lipinski definition) is 2. The molecule has 0 aromatic carbocycles. The van der Waals surface area contributed by atoms with Gasteiger partial charge in [-0.25, -0.2) is 0 Å². The van der Waals surface area contributed by atoms with Crippen molar-refractivity contribution in [3.05, 3.63) is 0 Å². The van der Waals surface area contributed by atoms with Gasteiger partial charge >= 0.3 is 0 Å². The topological polar surface area (TPSA) is 41.1 Å². The molecule has 2 N–H and O–H groups in total. The van der Waals surface area contributed by atoms with E-state index >= 15 is 0 Å². The van der Waals surface area contributed by atoms with Crippen LogP contribution >= 0.6 is 0 Å². The van der Waals surface area contributed by atoms with Crippen LogP contribution in [0.5, 0.6) is 0 Å². The van der Waals surface area contributed by atoms with E-state index in [-0.39, 0.29) is 5.91 Å². The van der Waals surface area contributed by atoms with Gasteiger partial charge in [0.1, 0.15) is 0 Å². The van der Waals surface area contributed by atoms with Crippen LogP contribution in [0.3, 0.4) is 0 Å². The molecule has 0 aromatic heterocycles. The molecule has 1 aliphatic carbocycles. The zero-order valence-corrected chi connectivity index (χ0v) is 12.8. The van der Waals surface area contributed by atoms with Crippen LogP contribution in [-0.2, 0) is 4.79 Å². The van der Waals surface area contributed by atoms with E-state index in [2.05, 4.69) is 31.4 Å². The molecule has 2 aliphatic rings. The van der Waals surface area contributed by atoms with Crippen molar-refractivity contribution in [3.8, 4) is 0 Å². The highest BCUT2D eigenvalue weighted by Gasteiger charge is 2.28. The standard InChI is InChI=1S/C16H30N2O/c1-16(2,3)12-5-4-6-13(8-7-12)17-11-14-9-10-15(19)18-14/h12-14,17H,4-11H2,1-3H3,(H,18,19). The van der Waals surface area contributed by atoms with Gasteiger partial charge in [-0.3, -0.25) is 4.79 Å². The Morgan fingerprint density at radius 3 is 2.58 bits per heavy atom. The van der Waals surface area contributed by atoms with Crippen molar-refractivity contribution >= 4 is 5.91 Å². The quantitative estimate of drug-likeness (QED) is 0.771. The Balaban J connectivity index is 1.72. The highest BCUT2D eigenvalue weighted by atomic mass is 16.1. The van der Waals surface area contributed by atoms with E-state index in [1.54, 1.807) is 0 Å². The van der Waals surface area contributed by atoms with Gasteiger partial charge in [0.05, 0.1) is 0 Å². The fourth-order valence-corrected chi connectivity index (χ4v) is 3.51. The monoisotopic (exact) mass is 266 g/mol. The van der Waals surface area contributed by atoms with Crippen LogP contribution < -0.4 is 10.6 Å². The van der Waals surface area contributed by atoms with Crippen molar-refractivity contribution in [2.24, 2.45) is 11.3 Å². The number of amides is 1. The summed E-state index contributed by atoms with van der Waals surface area (Å²) in [6, 6.07) is 1.03. The summed E-state index contributed by atoms with van der Waals surface area (Å²) < 4.78 is 0. The lowest BCUT2D eigenvalue weighted by molar-refractivity contribution is -0.119. The van der Waals surface area contributed by atoms with Gasteiger partial charge in [-0.2, -0.15) is 0 Å². The molecule has 1 saturated heterocycles. The van der Waals surface area contributed by atoms with E-state index in [0.29, 0.717) is 23.9 Å². The number of rotatable bonds is 3. The van der Waals surface area contributed by atoms with Crippen LogP contribution in [0.2, 0.25) is 0 Å². The normalized spacial score (nSPS) is 33.0. The van der Waals surface area contributed by atoms with E-state index in [9.17, 15) is 4.79 Å². The van der Waals surface area contributed by atoms with Gasteiger partial charge in [-0.05, 0) is 43.4 Å². The first-order valence-electron chi connectivity index (χ1n) is 7.98. The molecule has 3 heteroatoms. The lowest BCUT2D eigenvalue weighted by Crippen LogP contribution is -2.40. The Bertz CT molecular complexity index is 308. The summed E-state index contributed by atoms with van der Waals surface area (Å²) in [5.41, 5.74) is 0.453. The SMILES string of the molecule is CC(C)(C)C1CCCC(NCC2CCC(=O)N2)CC1. The molecule has 3 nitrogen and oxygen atoms in total. The van der Waals surface area contributed by atoms with E-state index < -0.39 is 0 Å². The van der Waals surface area contributed by atoms with Crippen LogP contribution in [-0.4, -0.2) is 24.5 Å². The maximum atomic E-state index is 11.2. The molecule has 1 amide bonds. The summed E-state index contributed by atoms with van der Waals surface area (Å²) in [5.74, 6) is 1.09. The first kappa shape index (κ1) is 14.8. The molecule has 19 heavy (non-hydrogen) atoms. The lowest BCUT2D eigenvalue weighted by atomic mass is 9.76. The van der Waals surface area contributed by atoms with Crippen LogP contribution in [0.15, 0.2) is 0 Å². The summed E-state index contributed by atoms with van der Waals surface area (Å²) in [7, 11) is 0. The maximum Gasteiger partial charge on any atom is 0.220 e. The van der Waals surface area contributed by atoms with Gasteiger partial charge < -0.3 is 10.6 Å². The van der Waals surface area contributed by atoms with Gasteiger partial charge in [0.15, 0.2) is 0 Å². The van der Waals surface area contributed by atoms with Gasteiger partial charge in [-0.1, -0.05) is 27.2 Å². The molecule has 1 saturated carbocycles. The zero-order valence-electron chi connectivity index (χ0n) is 12.8. The predicted molar refractivity (Wildman–Crippen MR) is 79.0 cm³/mol. The van der Waals surface area contributed by atoms with E-state index in [0.717, 1.165) is 18.9 Å². The second-order valence-corrected chi connectivity index (χ2v) is 7.48. The molecule has 1 aliphatic heterocycles. The summed E-state index contributed by atoms with van der Waals surface area (Å²) in [6.07, 6.45) is 8.37. The zero-order chi connectivity index (χ0) is 13.9. The fourth-order valence-electron chi connectivity index (χ4n) is 3.51. The van der Waals surface area contributed by atoms with Crippen molar-refractivity contribution in [1.82, 2.24) is 10.6 Å². The van der Waals surface area contributed by atoms with Gasteiger partial charge in [0.2, 0.25) is 5.91 Å². The third-order valence-corrected chi connectivity index (χ3v) is 4.93. The second-order valence-electron chi connectivity index (χ2n) is 7.48. The number of hydrogen-bond donors (Lipinski definition) is 2. The number of nitrogens with one attached hydrogen (secondary N) is 2. The van der Waals surface area contributed by atoms with Crippen LogP contribution in [0, 0.1) is 11.3 Å². The average molecular weight is 266 g/mol. The third-order valence-electron chi connectivity index (χ3n) is 4.93. The first-order valence-corrected chi connectivity index (χ1v) is 7.98. The van der Waals surface area contributed by atoms with E-state index in [4.69, 9.17) is 0 Å². The van der Waals surface area contributed by atoms with Gasteiger partial charge in [0.25, 0.3) is 0 Å². The predicted octanol–water partition coefficient (Wildman–Crippen LogP) is 2.85. The molecule has 3 atom stereocenters. The molecular weight excluding hydrogens is 236 g/mol. The molecule has 2 rings (SSSR count). The molecule has 2 fully saturated rings. The van der Waals surface area contributed by atoms with E-state index in [1.807, 2.05) is 0 Å². The third kappa shape index (κ3) is 4.48. The minimum Gasteiger partial charge on any atom is -0.352 e. The molecule has 0 spiro atoms. The minimum absolute atomic E-state index is 0.223. The molecule has 0 bridgehead atoms. The molecule has 0 aromatic rings. The summed E-state index contributed by atoms with van der Waals surface area (Å²) >= 11 is 0. The van der Waals surface area contributed by atoms with Crippen LogP contribution in [0.25, 0.3) is 0 Å². The van der Waals surface area contributed by atoms with E-state index in [1.165, 1.54) is 32.1 Å². The summed E-state index contributed by atoms with van der Waals surface area (Å²) in [5, 5.41) is 6.72. The second kappa shape index (κ2) is 6.25. The van der Waals surface area contributed by atoms with Gasteiger partial charge in [0, 0.05) is 25.0 Å². The van der Waals surface area contributed by atoms with Crippen molar-refractivity contribution in [1.29, 1.82) is 0 Å². The van der Waals surface area contributed by atoms with Gasteiger partial charge in [-0.15, -0.1) is 0 Å². The highest BCUT2D eigenvalue weighted by Crippen LogP contribution is 2.36. The average Bonchev–Trinajstić information content (AvgIpc) is 2.61. The maximum absolute atomic E-state index is 11.2. The van der Waals surface area contributed by atoms with Crippen LogP contribution in [0.4, 0.5) is 0 Å². The Hall–Kier alpha value is -0.570. The van der Waals surface area contributed by atoms with Crippen LogP contribution in [0.1, 0.15) is 65.7 Å². The van der Waals surface area contributed by atoms with Crippen molar-refractivity contribution in [2.45, 2.75) is 77.8 Å². The van der Waals surface area contributed by atoms with Crippen molar-refractivity contribution < 1.29 is 4.79 Å². The highest BCUT2D eigenvalue weighted by molar-refractivity contribution is 5.78. The lowest BCUT2D eigenvalue weighted by Gasteiger charge is -2.29. The first-order chi connectivity index (χ1) is 8.95. The Morgan fingerprint density at radius 2 is 1.95 bits per heavy atom. The largest absolute Gasteiger partial charge is 0.352 e. The Kier molecular flexibility index (Phi) is 4.88. The molecule has 110 valence electrons. The summed E-state index contributed by atoms with van der Waals surface area (Å²) in [6.45, 7) is 8.08. The Labute approximate surface area is 117 Å². The number of carbonyl (C=O) groups excluding carboxylic acids is 1. The molecular formula is C16H30N2O. The summed E-state index contributed by atoms with van der Waals surface area (Å²) in [4.78, 5) is 11.2. The number of carbonyl (C=O) groups is 1.